The molecule has 0 fully saturated rings. The molecular formula is C30H28N2O2. The van der Waals surface area contributed by atoms with Gasteiger partial charge in [0.05, 0.1) is 13.7 Å². The molecular weight excluding hydrogens is 420 g/mol. The molecule has 0 saturated heterocycles. The maximum atomic E-state index is 5.76. The first-order valence-corrected chi connectivity index (χ1v) is 11.7. The van der Waals surface area contributed by atoms with Gasteiger partial charge < -0.3 is 9.47 Å². The molecule has 0 unspecified atom stereocenters. The highest BCUT2D eigenvalue weighted by Gasteiger charge is 2.20. The van der Waals surface area contributed by atoms with Crippen LogP contribution in [0.25, 0.3) is 21.5 Å². The number of hydrogen-bond donors (Lipinski definition) is 0. The minimum absolute atomic E-state index is 0.168. The summed E-state index contributed by atoms with van der Waals surface area (Å²) in [4.78, 5) is 9.58. The summed E-state index contributed by atoms with van der Waals surface area (Å²) in [7, 11) is 1.69. The molecule has 170 valence electrons. The first-order chi connectivity index (χ1) is 16.8. The summed E-state index contributed by atoms with van der Waals surface area (Å²) in [6, 6.07) is 27.3. The van der Waals surface area contributed by atoms with Gasteiger partial charge in [-0.15, -0.1) is 0 Å². The number of nitrogens with zero attached hydrogens (tertiary/aromatic N) is 2. The SMILES string of the molecule is CCOc1ccc(C(Cc2nccc3ccccc23)Cc2nccc3ccccc23)cc1OC. The normalized spacial score (nSPS) is 11.3. The maximum absolute atomic E-state index is 5.76. The van der Waals surface area contributed by atoms with E-state index in [1.165, 1.54) is 27.1 Å². The number of benzene rings is 3. The lowest BCUT2D eigenvalue weighted by molar-refractivity contribution is 0.310. The lowest BCUT2D eigenvalue weighted by Gasteiger charge is -2.20. The van der Waals surface area contributed by atoms with E-state index in [0.717, 1.165) is 35.7 Å². The second-order valence-electron chi connectivity index (χ2n) is 8.41. The van der Waals surface area contributed by atoms with Crippen LogP contribution in [0.15, 0.2) is 91.3 Å². The van der Waals surface area contributed by atoms with Gasteiger partial charge in [-0.3, -0.25) is 9.97 Å². The van der Waals surface area contributed by atoms with Crippen LogP contribution in [-0.2, 0) is 12.8 Å². The summed E-state index contributed by atoms with van der Waals surface area (Å²) in [5.41, 5.74) is 3.37. The molecule has 2 heterocycles. The lowest BCUT2D eigenvalue weighted by atomic mass is 9.87. The lowest BCUT2D eigenvalue weighted by Crippen LogP contribution is -2.10. The highest BCUT2D eigenvalue weighted by atomic mass is 16.5. The Bertz CT molecular complexity index is 1340. The van der Waals surface area contributed by atoms with Crippen LogP contribution in [0.3, 0.4) is 0 Å². The molecule has 0 aliphatic carbocycles. The summed E-state index contributed by atoms with van der Waals surface area (Å²) in [5, 5.41) is 4.80. The molecule has 5 rings (SSSR count). The summed E-state index contributed by atoms with van der Waals surface area (Å²) < 4.78 is 11.4. The smallest absolute Gasteiger partial charge is 0.161 e. The highest BCUT2D eigenvalue weighted by molar-refractivity contribution is 5.85. The number of aromatic nitrogens is 2. The molecule has 0 saturated carbocycles. The number of methoxy groups -OCH3 is 1. The third-order valence-electron chi connectivity index (χ3n) is 6.35. The van der Waals surface area contributed by atoms with Crippen LogP contribution in [0.1, 0.15) is 29.8 Å². The fourth-order valence-electron chi connectivity index (χ4n) is 4.68. The molecule has 0 bridgehead atoms. The fourth-order valence-corrected chi connectivity index (χ4v) is 4.68. The largest absolute Gasteiger partial charge is 0.493 e. The van der Waals surface area contributed by atoms with Gasteiger partial charge >= 0.3 is 0 Å². The van der Waals surface area contributed by atoms with Crippen molar-refractivity contribution in [1.29, 1.82) is 0 Å². The molecule has 0 aliphatic heterocycles. The molecule has 0 spiro atoms. The van der Waals surface area contributed by atoms with E-state index >= 15 is 0 Å². The van der Waals surface area contributed by atoms with Crippen molar-refractivity contribution in [2.45, 2.75) is 25.7 Å². The Kier molecular flexibility index (Phi) is 6.39. The van der Waals surface area contributed by atoms with Crippen LogP contribution in [0, 0.1) is 0 Å². The van der Waals surface area contributed by atoms with E-state index in [1.54, 1.807) is 7.11 Å². The zero-order valence-electron chi connectivity index (χ0n) is 19.6. The average molecular weight is 449 g/mol. The van der Waals surface area contributed by atoms with E-state index in [-0.39, 0.29) is 5.92 Å². The Balaban J connectivity index is 1.59. The second-order valence-corrected chi connectivity index (χ2v) is 8.41. The van der Waals surface area contributed by atoms with Crippen molar-refractivity contribution < 1.29 is 9.47 Å². The van der Waals surface area contributed by atoms with Crippen LogP contribution in [-0.4, -0.2) is 23.7 Å². The van der Waals surface area contributed by atoms with Crippen molar-refractivity contribution in [2.75, 3.05) is 13.7 Å². The van der Waals surface area contributed by atoms with Gasteiger partial charge in [-0.05, 0) is 66.3 Å². The monoisotopic (exact) mass is 448 g/mol. The molecule has 2 aromatic heterocycles. The summed E-state index contributed by atoms with van der Waals surface area (Å²) in [6.07, 6.45) is 5.40. The molecule has 3 aromatic carbocycles. The Morgan fingerprint density at radius 1 is 0.706 bits per heavy atom. The fraction of sp³-hybridized carbons (Fsp3) is 0.200. The molecule has 0 radical (unpaired) electrons. The van der Waals surface area contributed by atoms with Gasteiger partial charge in [0.15, 0.2) is 11.5 Å². The van der Waals surface area contributed by atoms with Gasteiger partial charge in [-0.25, -0.2) is 0 Å². The van der Waals surface area contributed by atoms with Crippen LogP contribution >= 0.6 is 0 Å². The van der Waals surface area contributed by atoms with Gasteiger partial charge in [-0.1, -0.05) is 54.6 Å². The topological polar surface area (TPSA) is 44.2 Å². The predicted molar refractivity (Wildman–Crippen MR) is 138 cm³/mol. The Hall–Kier alpha value is -3.92. The molecule has 4 nitrogen and oxygen atoms in total. The zero-order chi connectivity index (χ0) is 23.3. The standard InChI is InChI=1S/C30H28N2O2/c1-3-34-29-13-12-23(20-30(29)33-2)24(18-27-25-10-6-4-8-21(25)14-16-31-27)19-28-26-11-7-5-9-22(26)15-17-32-28/h4-17,20,24H,3,18-19H2,1-2H3. The van der Waals surface area contributed by atoms with Gasteiger partial charge in [0.1, 0.15) is 0 Å². The summed E-state index contributed by atoms with van der Waals surface area (Å²) in [5.74, 6) is 1.68. The first kappa shape index (κ1) is 21.9. The van der Waals surface area contributed by atoms with Crippen molar-refractivity contribution in [3.05, 3.63) is 108 Å². The van der Waals surface area contributed by atoms with Gasteiger partial charge in [0, 0.05) is 34.6 Å². The van der Waals surface area contributed by atoms with Gasteiger partial charge in [0.25, 0.3) is 0 Å². The molecule has 0 atom stereocenters. The Labute approximate surface area is 200 Å². The first-order valence-electron chi connectivity index (χ1n) is 11.7. The van der Waals surface area contributed by atoms with Crippen molar-refractivity contribution in [2.24, 2.45) is 0 Å². The average Bonchev–Trinajstić information content (AvgIpc) is 2.89. The third-order valence-corrected chi connectivity index (χ3v) is 6.35. The van der Waals surface area contributed by atoms with E-state index in [9.17, 15) is 0 Å². The molecule has 4 heteroatoms. The molecule has 34 heavy (non-hydrogen) atoms. The highest BCUT2D eigenvalue weighted by Crippen LogP contribution is 2.35. The number of hydrogen-bond acceptors (Lipinski definition) is 4. The third kappa shape index (κ3) is 4.44. The van der Waals surface area contributed by atoms with Crippen LogP contribution in [0.4, 0.5) is 0 Å². The summed E-state index contributed by atoms with van der Waals surface area (Å²) >= 11 is 0. The van der Waals surface area contributed by atoms with Crippen molar-refractivity contribution in [1.82, 2.24) is 9.97 Å². The second kappa shape index (κ2) is 9.92. The van der Waals surface area contributed by atoms with Crippen molar-refractivity contribution in [3.63, 3.8) is 0 Å². The van der Waals surface area contributed by atoms with E-state index in [0.29, 0.717) is 6.61 Å². The number of rotatable bonds is 8. The van der Waals surface area contributed by atoms with Crippen LogP contribution < -0.4 is 9.47 Å². The zero-order valence-corrected chi connectivity index (χ0v) is 19.6. The van der Waals surface area contributed by atoms with Gasteiger partial charge in [0.2, 0.25) is 0 Å². The minimum atomic E-state index is 0.168. The molecule has 0 amide bonds. The van der Waals surface area contributed by atoms with Crippen molar-refractivity contribution in [3.8, 4) is 11.5 Å². The predicted octanol–water partition coefficient (Wildman–Crippen LogP) is 6.76. The van der Waals surface area contributed by atoms with E-state index in [2.05, 4.69) is 72.8 Å². The minimum Gasteiger partial charge on any atom is -0.493 e. The Morgan fingerprint density at radius 2 is 1.29 bits per heavy atom. The summed E-state index contributed by atoms with van der Waals surface area (Å²) in [6.45, 7) is 2.58. The molecule has 5 aromatic rings. The molecule has 0 aliphatic rings. The van der Waals surface area contributed by atoms with E-state index < -0.39 is 0 Å². The van der Waals surface area contributed by atoms with Gasteiger partial charge in [-0.2, -0.15) is 0 Å². The quantitative estimate of drug-likeness (QED) is 0.263. The molecule has 0 N–H and O–H groups in total. The Morgan fingerprint density at radius 3 is 1.85 bits per heavy atom. The van der Waals surface area contributed by atoms with E-state index in [4.69, 9.17) is 19.4 Å². The van der Waals surface area contributed by atoms with Crippen LogP contribution in [0.5, 0.6) is 11.5 Å². The van der Waals surface area contributed by atoms with Crippen molar-refractivity contribution >= 4 is 21.5 Å². The van der Waals surface area contributed by atoms with E-state index in [1.807, 2.05) is 25.4 Å². The maximum Gasteiger partial charge on any atom is 0.161 e. The number of fused-ring (bicyclic) bond motifs is 2. The number of pyridine rings is 2. The number of ether oxygens (including phenoxy) is 2. The van der Waals surface area contributed by atoms with Crippen LogP contribution in [0.2, 0.25) is 0 Å².